The Morgan fingerprint density at radius 2 is 0.476 bits per heavy atom. The normalized spacial score (nSPS) is 14.1. The highest BCUT2D eigenvalue weighted by Crippen LogP contribution is 2.45. The summed E-state index contributed by atoms with van der Waals surface area (Å²) in [4.78, 5) is 72.1. The van der Waals surface area contributed by atoms with Crippen LogP contribution < -0.4 is 0 Å². The highest BCUT2D eigenvalue weighted by Gasteiger charge is 2.30. The number of ether oxygens (including phenoxy) is 4. The van der Waals surface area contributed by atoms with Crippen LogP contribution in [0.15, 0.2) is 0 Å². The summed E-state index contributed by atoms with van der Waals surface area (Å²) in [6.45, 7) is 4.85. The van der Waals surface area contributed by atoms with Crippen molar-refractivity contribution in [1.82, 2.24) is 0 Å². The first-order chi connectivity index (χ1) is 40.7. The Morgan fingerprint density at radius 3 is 0.702 bits per heavy atom. The number of phosphoric ester groups is 2. The lowest BCUT2D eigenvalue weighted by atomic mass is 10.0. The van der Waals surface area contributed by atoms with Gasteiger partial charge in [-0.3, -0.25) is 37.3 Å². The van der Waals surface area contributed by atoms with Crippen LogP contribution in [0.5, 0.6) is 0 Å². The van der Waals surface area contributed by atoms with Crippen molar-refractivity contribution in [2.24, 2.45) is 0 Å². The average Bonchev–Trinajstić information content (AvgIpc) is 3.50. The van der Waals surface area contributed by atoms with Crippen molar-refractivity contribution in [3.63, 3.8) is 0 Å². The zero-order chi connectivity index (χ0) is 61.9. The van der Waals surface area contributed by atoms with Crippen LogP contribution in [0.25, 0.3) is 0 Å². The molecule has 0 fully saturated rings. The zero-order valence-corrected chi connectivity index (χ0v) is 55.7. The van der Waals surface area contributed by atoms with Gasteiger partial charge in [0.25, 0.3) is 0 Å². The molecule has 0 radical (unpaired) electrons. The van der Waals surface area contributed by atoms with Gasteiger partial charge in [-0.05, 0) is 25.7 Å². The summed E-state index contributed by atoms with van der Waals surface area (Å²) < 4.78 is 67.9. The standard InChI is InChI=1S/C65H126O17P2/c1-5-9-13-17-21-24-26-27-28-29-30-31-33-36-40-44-48-52-65(70)82-61(56-76-63(68)50-46-42-38-35-32-25-22-18-14-10-6-2)58-80-84(73,74)78-54-59(66)53-77-83(71,72)79-57-60(55-75-62(67)49-45-41-37-20-16-12-8-4)81-64(69)51-47-43-39-34-23-19-15-11-7-3/h59-61,66H,5-58H2,1-4H3,(H,71,72)(H,73,74)/t59-,60+,61+/m0/s1. The van der Waals surface area contributed by atoms with E-state index in [1.165, 1.54) is 154 Å². The number of hydrogen-bond acceptors (Lipinski definition) is 15. The molecule has 0 bridgehead atoms. The minimum atomic E-state index is -4.94. The summed E-state index contributed by atoms with van der Waals surface area (Å²) >= 11 is 0. The van der Waals surface area contributed by atoms with Crippen LogP contribution >= 0.6 is 15.6 Å². The van der Waals surface area contributed by atoms with Crippen LogP contribution in [0.3, 0.4) is 0 Å². The van der Waals surface area contributed by atoms with Gasteiger partial charge in [0.2, 0.25) is 0 Å². The van der Waals surface area contributed by atoms with E-state index in [1.807, 2.05) is 0 Å². The Morgan fingerprint density at radius 1 is 0.286 bits per heavy atom. The minimum absolute atomic E-state index is 0.106. The first kappa shape index (κ1) is 82.1. The zero-order valence-electron chi connectivity index (χ0n) is 53.9. The quantitative estimate of drug-likeness (QED) is 0.0222. The number of phosphoric acid groups is 2. The maximum Gasteiger partial charge on any atom is 0.472 e. The molecule has 0 spiro atoms. The Kier molecular flexibility index (Phi) is 58.6. The Balaban J connectivity index is 5.17. The monoisotopic (exact) mass is 1240 g/mol. The molecule has 0 saturated carbocycles. The maximum atomic E-state index is 13.0. The highest BCUT2D eigenvalue weighted by atomic mass is 31.2. The molecule has 0 aliphatic carbocycles. The first-order valence-corrected chi connectivity index (χ1v) is 37.3. The van der Waals surface area contributed by atoms with Crippen molar-refractivity contribution in [1.29, 1.82) is 0 Å². The van der Waals surface area contributed by atoms with Crippen molar-refractivity contribution in [2.45, 2.75) is 354 Å². The molecule has 19 heteroatoms. The van der Waals surface area contributed by atoms with Gasteiger partial charge in [0.15, 0.2) is 12.2 Å². The van der Waals surface area contributed by atoms with Crippen LogP contribution in [-0.4, -0.2) is 96.7 Å². The van der Waals surface area contributed by atoms with Gasteiger partial charge in [-0.15, -0.1) is 0 Å². The van der Waals surface area contributed by atoms with E-state index in [0.29, 0.717) is 25.7 Å². The molecule has 0 aromatic heterocycles. The molecule has 2 unspecified atom stereocenters. The fraction of sp³-hybridized carbons (Fsp3) is 0.938. The van der Waals surface area contributed by atoms with Gasteiger partial charge in [-0.25, -0.2) is 9.13 Å². The molecule has 0 saturated heterocycles. The molecule has 5 atom stereocenters. The molecule has 0 rings (SSSR count). The van der Waals surface area contributed by atoms with Crippen molar-refractivity contribution in [3.05, 3.63) is 0 Å². The van der Waals surface area contributed by atoms with Crippen molar-refractivity contribution >= 4 is 39.5 Å². The van der Waals surface area contributed by atoms with E-state index >= 15 is 0 Å². The smallest absolute Gasteiger partial charge is 0.462 e. The second kappa shape index (κ2) is 60.0. The van der Waals surface area contributed by atoms with Gasteiger partial charge in [0, 0.05) is 25.7 Å². The SMILES string of the molecule is CCCCCCCCCCCCCCCCCCCC(=O)O[C@H](COC(=O)CCCCCCCCCCCCC)COP(=O)(O)OC[C@@H](O)COP(=O)(O)OC[C@@H](COC(=O)CCCCCCCCC)OC(=O)CCCCCCCCCCC. The number of hydrogen-bond donors (Lipinski definition) is 3. The number of carbonyl (C=O) groups excluding carboxylic acids is 4. The number of unbranched alkanes of at least 4 members (excludes halogenated alkanes) is 40. The van der Waals surface area contributed by atoms with E-state index < -0.39 is 97.5 Å². The van der Waals surface area contributed by atoms with Crippen molar-refractivity contribution in [2.75, 3.05) is 39.6 Å². The summed E-state index contributed by atoms with van der Waals surface area (Å²) in [5.41, 5.74) is 0. The topological polar surface area (TPSA) is 237 Å². The largest absolute Gasteiger partial charge is 0.472 e. The summed E-state index contributed by atoms with van der Waals surface area (Å²) in [5, 5.41) is 10.5. The van der Waals surface area contributed by atoms with Gasteiger partial charge in [0.1, 0.15) is 19.3 Å². The predicted octanol–water partition coefficient (Wildman–Crippen LogP) is 18.3. The minimum Gasteiger partial charge on any atom is -0.462 e. The van der Waals surface area contributed by atoms with E-state index in [9.17, 15) is 43.2 Å². The van der Waals surface area contributed by atoms with E-state index in [4.69, 9.17) is 37.0 Å². The molecule has 498 valence electrons. The lowest BCUT2D eigenvalue weighted by molar-refractivity contribution is -0.161. The average molecular weight is 1240 g/mol. The lowest BCUT2D eigenvalue weighted by Crippen LogP contribution is -2.30. The van der Waals surface area contributed by atoms with Crippen LogP contribution in [0.2, 0.25) is 0 Å². The summed E-state index contributed by atoms with van der Waals surface area (Å²) in [6.07, 6.45) is 45.9. The lowest BCUT2D eigenvalue weighted by Gasteiger charge is -2.21. The Hall–Kier alpha value is -1.94. The van der Waals surface area contributed by atoms with Crippen LogP contribution in [0, 0.1) is 0 Å². The second-order valence-electron chi connectivity index (χ2n) is 23.5. The summed E-state index contributed by atoms with van der Waals surface area (Å²) in [7, 11) is -9.88. The molecule has 84 heavy (non-hydrogen) atoms. The number of carbonyl (C=O) groups is 4. The first-order valence-electron chi connectivity index (χ1n) is 34.3. The predicted molar refractivity (Wildman–Crippen MR) is 335 cm³/mol. The van der Waals surface area contributed by atoms with Gasteiger partial charge in [-0.2, -0.15) is 0 Å². The number of aliphatic hydroxyl groups is 1. The molecule has 0 heterocycles. The third kappa shape index (κ3) is 59.0. The Bertz CT molecular complexity index is 1620. The van der Waals surface area contributed by atoms with Gasteiger partial charge in [0.05, 0.1) is 26.4 Å². The molecular weight excluding hydrogens is 1110 g/mol. The molecule has 0 aromatic carbocycles. The third-order valence-electron chi connectivity index (χ3n) is 15.1. The van der Waals surface area contributed by atoms with Crippen molar-refractivity contribution in [3.8, 4) is 0 Å². The van der Waals surface area contributed by atoms with Gasteiger partial charge < -0.3 is 33.8 Å². The third-order valence-corrected chi connectivity index (χ3v) is 17.0. The molecule has 0 aliphatic heterocycles. The van der Waals surface area contributed by atoms with Crippen LogP contribution in [-0.2, 0) is 65.4 Å². The maximum absolute atomic E-state index is 13.0. The van der Waals surface area contributed by atoms with Gasteiger partial charge >= 0.3 is 39.5 Å². The fourth-order valence-corrected chi connectivity index (χ4v) is 11.4. The van der Waals surface area contributed by atoms with Crippen LogP contribution in [0.4, 0.5) is 0 Å². The van der Waals surface area contributed by atoms with Gasteiger partial charge in [-0.1, -0.05) is 285 Å². The molecular formula is C65H126O17P2. The number of esters is 4. The van der Waals surface area contributed by atoms with E-state index in [0.717, 1.165) is 103 Å². The number of rotatable bonds is 66. The summed E-state index contributed by atoms with van der Waals surface area (Å²) in [6, 6.07) is 0. The van der Waals surface area contributed by atoms with Crippen molar-refractivity contribution < 1.29 is 80.2 Å². The fourth-order valence-electron chi connectivity index (χ4n) is 9.81. The Labute approximate surface area is 511 Å². The van der Waals surface area contributed by atoms with E-state index in [2.05, 4.69) is 27.7 Å². The van der Waals surface area contributed by atoms with Crippen LogP contribution in [0.1, 0.15) is 336 Å². The molecule has 17 nitrogen and oxygen atoms in total. The number of aliphatic hydroxyl groups excluding tert-OH is 1. The molecule has 3 N–H and O–H groups in total. The molecule has 0 aliphatic rings. The molecule has 0 amide bonds. The second-order valence-corrected chi connectivity index (χ2v) is 26.4. The van der Waals surface area contributed by atoms with E-state index in [1.54, 1.807) is 0 Å². The van der Waals surface area contributed by atoms with E-state index in [-0.39, 0.29) is 25.7 Å². The highest BCUT2D eigenvalue weighted by molar-refractivity contribution is 7.47. The summed E-state index contributed by atoms with van der Waals surface area (Å²) in [5.74, 6) is -2.13. The molecule has 0 aromatic rings.